The first-order chi connectivity index (χ1) is 11.7. The molecule has 1 unspecified atom stereocenters. The fourth-order valence-electron chi connectivity index (χ4n) is 2.76. The van der Waals surface area contributed by atoms with E-state index in [-0.39, 0.29) is 11.3 Å². The summed E-state index contributed by atoms with van der Waals surface area (Å²) in [5.74, 6) is 3.17. The lowest BCUT2D eigenvalue weighted by Gasteiger charge is -2.21. The molecular formula is C20H29NOS2. The van der Waals surface area contributed by atoms with Crippen molar-refractivity contribution < 1.29 is 4.79 Å². The topological polar surface area (TPSA) is 20.3 Å². The number of rotatable bonds is 10. The maximum absolute atomic E-state index is 12.0. The largest absolute Gasteiger partial charge is 0.325 e. The number of amides is 1. The van der Waals surface area contributed by atoms with Crippen molar-refractivity contribution in [3.63, 3.8) is 0 Å². The van der Waals surface area contributed by atoms with Crippen LogP contribution >= 0.6 is 23.5 Å². The van der Waals surface area contributed by atoms with Gasteiger partial charge < -0.3 is 4.90 Å². The van der Waals surface area contributed by atoms with Gasteiger partial charge in [-0.3, -0.25) is 4.79 Å². The van der Waals surface area contributed by atoms with Gasteiger partial charge in [-0.1, -0.05) is 67.1 Å². The minimum Gasteiger partial charge on any atom is -0.325 e. The zero-order valence-electron chi connectivity index (χ0n) is 14.9. The van der Waals surface area contributed by atoms with E-state index in [9.17, 15) is 4.79 Å². The average Bonchev–Trinajstić information content (AvgIpc) is 2.92. The lowest BCUT2D eigenvalue weighted by Crippen LogP contribution is -2.33. The molecule has 1 fully saturated rings. The molecule has 0 aliphatic carbocycles. The summed E-state index contributed by atoms with van der Waals surface area (Å²) in [5, 5.41) is 0.249. The number of hydrogen-bond donors (Lipinski definition) is 0. The quantitative estimate of drug-likeness (QED) is 0.401. The minimum atomic E-state index is 0.249. The fraction of sp³-hybridized carbons (Fsp3) is 0.550. The number of carbonyl (C=O) groups excluding carboxylic acids is 1. The van der Waals surface area contributed by atoms with Crippen LogP contribution < -0.4 is 0 Å². The number of carbonyl (C=O) groups is 1. The van der Waals surface area contributed by atoms with E-state index >= 15 is 0 Å². The Morgan fingerprint density at radius 1 is 1.38 bits per heavy atom. The standard InChI is InChI=1S/C20H29NOS2/c1-3-4-13-23-14-12-21-19(16-24-20(21)22)11-6-5-9-18-10-7-8-17(2)15-18/h6-8,10-11,15,19H,3-5,9,12-14,16H2,1-2H3/b11-6+. The number of allylic oxidation sites excluding steroid dienone is 1. The number of nitrogens with zero attached hydrogens (tertiary/aromatic N) is 1. The zero-order chi connectivity index (χ0) is 17.2. The van der Waals surface area contributed by atoms with Crippen LogP contribution in [0.5, 0.6) is 0 Å². The molecule has 0 aromatic heterocycles. The second-order valence-corrected chi connectivity index (χ2v) is 8.46. The van der Waals surface area contributed by atoms with Crippen molar-refractivity contribution in [1.82, 2.24) is 4.90 Å². The fourth-order valence-corrected chi connectivity index (χ4v) is 4.78. The molecule has 0 bridgehead atoms. The second-order valence-electron chi connectivity index (χ2n) is 6.26. The van der Waals surface area contributed by atoms with Gasteiger partial charge in [-0.15, -0.1) is 0 Å². The molecule has 0 spiro atoms. The molecule has 0 saturated carbocycles. The Bertz CT molecular complexity index is 544. The van der Waals surface area contributed by atoms with Gasteiger partial charge in [-0.2, -0.15) is 11.8 Å². The number of aryl methyl sites for hydroxylation is 2. The van der Waals surface area contributed by atoms with Gasteiger partial charge in [-0.05, 0) is 37.5 Å². The third-order valence-electron chi connectivity index (χ3n) is 4.17. The van der Waals surface area contributed by atoms with E-state index in [1.165, 1.54) is 41.5 Å². The van der Waals surface area contributed by atoms with Crippen LogP contribution in [0.4, 0.5) is 4.79 Å². The Morgan fingerprint density at radius 2 is 2.25 bits per heavy atom. The van der Waals surface area contributed by atoms with Gasteiger partial charge in [0.15, 0.2) is 0 Å². The van der Waals surface area contributed by atoms with Crippen LogP contribution in [0.15, 0.2) is 36.4 Å². The van der Waals surface area contributed by atoms with Crippen LogP contribution in [0.3, 0.4) is 0 Å². The first kappa shape index (κ1) is 19.5. The highest BCUT2D eigenvalue weighted by Crippen LogP contribution is 2.25. The zero-order valence-corrected chi connectivity index (χ0v) is 16.5. The van der Waals surface area contributed by atoms with Gasteiger partial charge in [0.05, 0.1) is 6.04 Å². The molecule has 2 rings (SSSR count). The number of benzene rings is 1. The number of unbranched alkanes of at least 4 members (excludes halogenated alkanes) is 1. The molecule has 132 valence electrons. The Morgan fingerprint density at radius 3 is 3.04 bits per heavy atom. The first-order valence-corrected chi connectivity index (χ1v) is 11.1. The molecule has 0 radical (unpaired) electrons. The lowest BCUT2D eigenvalue weighted by atomic mass is 10.1. The van der Waals surface area contributed by atoms with Gasteiger partial charge in [0.2, 0.25) is 0 Å². The van der Waals surface area contributed by atoms with Crippen molar-refractivity contribution in [2.75, 3.05) is 23.8 Å². The van der Waals surface area contributed by atoms with E-state index in [0.717, 1.165) is 30.9 Å². The van der Waals surface area contributed by atoms with Gasteiger partial charge in [0.25, 0.3) is 5.24 Å². The molecular weight excluding hydrogens is 334 g/mol. The van der Waals surface area contributed by atoms with E-state index < -0.39 is 0 Å². The Hall–Kier alpha value is -0.870. The molecule has 1 aromatic carbocycles. The van der Waals surface area contributed by atoms with Crippen molar-refractivity contribution in [2.24, 2.45) is 0 Å². The van der Waals surface area contributed by atoms with Crippen molar-refractivity contribution >= 4 is 28.8 Å². The maximum Gasteiger partial charge on any atom is 0.282 e. The third-order valence-corrected chi connectivity index (χ3v) is 6.21. The third kappa shape index (κ3) is 6.56. The van der Waals surface area contributed by atoms with E-state index in [4.69, 9.17) is 0 Å². The summed E-state index contributed by atoms with van der Waals surface area (Å²) in [6.45, 7) is 5.24. The molecule has 2 nitrogen and oxygen atoms in total. The predicted molar refractivity (Wildman–Crippen MR) is 109 cm³/mol. The molecule has 0 N–H and O–H groups in total. The Kier molecular flexibility index (Phi) is 8.82. The molecule has 1 atom stereocenters. The van der Waals surface area contributed by atoms with Crippen LogP contribution in [-0.4, -0.2) is 40.0 Å². The van der Waals surface area contributed by atoms with Crippen LogP contribution in [0.25, 0.3) is 0 Å². The monoisotopic (exact) mass is 363 g/mol. The summed E-state index contributed by atoms with van der Waals surface area (Å²) in [6.07, 6.45) is 9.12. The number of thioether (sulfide) groups is 2. The highest BCUT2D eigenvalue weighted by Gasteiger charge is 2.29. The number of hydrogen-bond acceptors (Lipinski definition) is 3. The summed E-state index contributed by atoms with van der Waals surface area (Å²) in [5.41, 5.74) is 2.71. The molecule has 4 heteroatoms. The van der Waals surface area contributed by atoms with Gasteiger partial charge in [0.1, 0.15) is 0 Å². The van der Waals surface area contributed by atoms with Gasteiger partial charge >= 0.3 is 0 Å². The van der Waals surface area contributed by atoms with Crippen molar-refractivity contribution in [3.05, 3.63) is 47.5 Å². The van der Waals surface area contributed by atoms with Gasteiger partial charge in [-0.25, -0.2) is 0 Å². The lowest BCUT2D eigenvalue weighted by molar-refractivity contribution is 0.224. The van der Waals surface area contributed by atoms with Crippen LogP contribution in [0.2, 0.25) is 0 Å². The molecule has 1 saturated heterocycles. The summed E-state index contributed by atoms with van der Waals surface area (Å²) in [6, 6.07) is 8.99. The van der Waals surface area contributed by atoms with E-state index in [1.54, 1.807) is 0 Å². The van der Waals surface area contributed by atoms with Crippen molar-refractivity contribution in [3.8, 4) is 0 Å². The SMILES string of the molecule is CCCCSCCN1C(=O)SCC1/C=C/CCc1cccc(C)c1. The van der Waals surface area contributed by atoms with Crippen LogP contribution in [-0.2, 0) is 6.42 Å². The summed E-state index contributed by atoms with van der Waals surface area (Å²) < 4.78 is 0. The van der Waals surface area contributed by atoms with E-state index in [1.807, 2.05) is 16.7 Å². The molecule has 1 aliphatic rings. The normalized spacial score (nSPS) is 18.0. The average molecular weight is 364 g/mol. The van der Waals surface area contributed by atoms with Crippen LogP contribution in [0.1, 0.15) is 37.3 Å². The highest BCUT2D eigenvalue weighted by molar-refractivity contribution is 8.13. The minimum absolute atomic E-state index is 0.249. The Labute approximate surface area is 155 Å². The van der Waals surface area contributed by atoms with E-state index in [2.05, 4.69) is 50.3 Å². The maximum atomic E-state index is 12.0. The van der Waals surface area contributed by atoms with Crippen molar-refractivity contribution in [2.45, 2.75) is 45.6 Å². The Balaban J connectivity index is 1.74. The molecule has 1 aliphatic heterocycles. The first-order valence-electron chi connectivity index (χ1n) is 8.94. The van der Waals surface area contributed by atoms with Crippen LogP contribution in [0, 0.1) is 6.92 Å². The summed E-state index contributed by atoms with van der Waals surface area (Å²) >= 11 is 3.43. The van der Waals surface area contributed by atoms with E-state index in [0.29, 0.717) is 0 Å². The predicted octanol–water partition coefficient (Wildman–Crippen LogP) is 5.55. The molecule has 24 heavy (non-hydrogen) atoms. The molecule has 1 amide bonds. The van der Waals surface area contributed by atoms with Crippen molar-refractivity contribution in [1.29, 1.82) is 0 Å². The highest BCUT2D eigenvalue weighted by atomic mass is 32.2. The summed E-state index contributed by atoms with van der Waals surface area (Å²) in [7, 11) is 0. The second kappa shape index (κ2) is 10.9. The molecule has 1 heterocycles. The smallest absolute Gasteiger partial charge is 0.282 e. The summed E-state index contributed by atoms with van der Waals surface area (Å²) in [4.78, 5) is 14.1. The molecule has 1 aromatic rings. The van der Waals surface area contributed by atoms with Gasteiger partial charge in [0, 0.05) is 18.1 Å².